The molecule has 0 bridgehead atoms. The van der Waals surface area contributed by atoms with Crippen molar-refractivity contribution in [1.82, 2.24) is 4.98 Å². The van der Waals surface area contributed by atoms with Gasteiger partial charge in [-0.1, -0.05) is 11.6 Å². The normalized spacial score (nSPS) is 10.5. The zero-order chi connectivity index (χ0) is 10.1. The summed E-state index contributed by atoms with van der Waals surface area (Å²) in [6.45, 7) is 1.98. The topological polar surface area (TPSA) is 12.9 Å². The molecule has 2 rings (SSSR count). The van der Waals surface area contributed by atoms with Crippen LogP contribution in [0.15, 0.2) is 24.4 Å². The van der Waals surface area contributed by atoms with Crippen LogP contribution >= 0.6 is 22.9 Å². The van der Waals surface area contributed by atoms with Crippen LogP contribution in [0.25, 0.3) is 10.6 Å². The SMILES string of the molecule is Cc1cnc(-c2ccc(F)c(Cl)c2)s1. The lowest BCUT2D eigenvalue weighted by molar-refractivity contribution is 0.628. The van der Waals surface area contributed by atoms with Gasteiger partial charge in [-0.15, -0.1) is 11.3 Å². The predicted octanol–water partition coefficient (Wildman–Crippen LogP) is 3.91. The molecule has 0 amide bonds. The third-order valence-electron chi connectivity index (χ3n) is 1.79. The highest BCUT2D eigenvalue weighted by atomic mass is 35.5. The van der Waals surface area contributed by atoms with E-state index in [0.717, 1.165) is 15.4 Å². The number of aryl methyl sites for hydroxylation is 1. The number of halogens is 2. The van der Waals surface area contributed by atoms with Crippen molar-refractivity contribution in [1.29, 1.82) is 0 Å². The highest BCUT2D eigenvalue weighted by Gasteiger charge is 2.05. The number of aromatic nitrogens is 1. The Bertz CT molecular complexity index is 467. The van der Waals surface area contributed by atoms with Gasteiger partial charge in [0.1, 0.15) is 10.8 Å². The third-order valence-corrected chi connectivity index (χ3v) is 3.04. The van der Waals surface area contributed by atoms with Crippen molar-refractivity contribution >= 4 is 22.9 Å². The van der Waals surface area contributed by atoms with Crippen LogP contribution in [-0.2, 0) is 0 Å². The number of hydrogen-bond donors (Lipinski definition) is 0. The fourth-order valence-corrected chi connectivity index (χ4v) is 2.06. The summed E-state index contributed by atoms with van der Waals surface area (Å²) in [5.74, 6) is -0.399. The van der Waals surface area contributed by atoms with Crippen LogP contribution in [0.4, 0.5) is 4.39 Å². The molecule has 0 fully saturated rings. The minimum absolute atomic E-state index is 0.135. The highest BCUT2D eigenvalue weighted by Crippen LogP contribution is 2.27. The molecule has 1 aromatic heterocycles. The minimum atomic E-state index is -0.399. The predicted molar refractivity (Wildman–Crippen MR) is 57.3 cm³/mol. The van der Waals surface area contributed by atoms with Crippen LogP contribution < -0.4 is 0 Å². The van der Waals surface area contributed by atoms with Crippen molar-refractivity contribution in [3.8, 4) is 10.6 Å². The van der Waals surface area contributed by atoms with Gasteiger partial charge in [-0.3, -0.25) is 0 Å². The van der Waals surface area contributed by atoms with Crippen molar-refractivity contribution in [2.75, 3.05) is 0 Å². The van der Waals surface area contributed by atoms with E-state index in [1.165, 1.54) is 6.07 Å². The summed E-state index contributed by atoms with van der Waals surface area (Å²) in [5, 5.41) is 1.000. The van der Waals surface area contributed by atoms with Gasteiger partial charge < -0.3 is 0 Å². The molecule has 0 unspecified atom stereocenters. The molecule has 0 aliphatic carbocycles. The second kappa shape index (κ2) is 3.67. The maximum absolute atomic E-state index is 12.9. The third kappa shape index (κ3) is 1.79. The molecule has 0 spiro atoms. The van der Waals surface area contributed by atoms with Gasteiger partial charge in [-0.2, -0.15) is 0 Å². The Labute approximate surface area is 90.2 Å². The van der Waals surface area contributed by atoms with E-state index in [9.17, 15) is 4.39 Å². The lowest BCUT2D eigenvalue weighted by Crippen LogP contribution is -1.79. The van der Waals surface area contributed by atoms with Crippen LogP contribution in [0.3, 0.4) is 0 Å². The zero-order valence-electron chi connectivity index (χ0n) is 7.42. The van der Waals surface area contributed by atoms with Crippen molar-refractivity contribution in [3.63, 3.8) is 0 Å². The molecule has 0 N–H and O–H groups in total. The Morgan fingerprint density at radius 3 is 2.79 bits per heavy atom. The summed E-state index contributed by atoms with van der Waals surface area (Å²) in [6.07, 6.45) is 1.79. The molecule has 1 aromatic carbocycles. The first-order valence-electron chi connectivity index (χ1n) is 4.04. The van der Waals surface area contributed by atoms with E-state index in [0.29, 0.717) is 0 Å². The van der Waals surface area contributed by atoms with E-state index in [4.69, 9.17) is 11.6 Å². The Balaban J connectivity index is 2.47. The van der Waals surface area contributed by atoms with Gasteiger partial charge in [0.2, 0.25) is 0 Å². The van der Waals surface area contributed by atoms with E-state index in [1.807, 2.05) is 6.92 Å². The second-order valence-corrected chi connectivity index (χ2v) is 4.55. The molecule has 72 valence electrons. The first-order valence-corrected chi connectivity index (χ1v) is 5.24. The summed E-state index contributed by atoms with van der Waals surface area (Å²) < 4.78 is 12.9. The summed E-state index contributed by atoms with van der Waals surface area (Å²) in [5.41, 5.74) is 0.856. The average Bonchev–Trinajstić information content (AvgIpc) is 2.57. The number of benzene rings is 1. The van der Waals surface area contributed by atoms with Gasteiger partial charge in [-0.25, -0.2) is 9.37 Å². The van der Waals surface area contributed by atoms with E-state index in [-0.39, 0.29) is 5.02 Å². The van der Waals surface area contributed by atoms with Crippen LogP contribution in [0.5, 0.6) is 0 Å². The van der Waals surface area contributed by atoms with Gasteiger partial charge in [0.15, 0.2) is 0 Å². The Morgan fingerprint density at radius 1 is 1.43 bits per heavy atom. The summed E-state index contributed by atoms with van der Waals surface area (Å²) in [7, 11) is 0. The molecule has 2 aromatic rings. The number of thiazole rings is 1. The molecule has 0 saturated carbocycles. The molecule has 1 heterocycles. The Kier molecular flexibility index (Phi) is 2.52. The first kappa shape index (κ1) is 9.62. The maximum Gasteiger partial charge on any atom is 0.141 e. The van der Waals surface area contributed by atoms with Crippen molar-refractivity contribution in [2.45, 2.75) is 6.92 Å². The molecule has 1 nitrogen and oxygen atoms in total. The van der Waals surface area contributed by atoms with Crippen molar-refractivity contribution in [3.05, 3.63) is 40.1 Å². The summed E-state index contributed by atoms with van der Waals surface area (Å²) >= 11 is 7.24. The summed E-state index contributed by atoms with van der Waals surface area (Å²) in [6, 6.07) is 4.63. The lowest BCUT2D eigenvalue weighted by atomic mass is 10.2. The van der Waals surface area contributed by atoms with Crippen molar-refractivity contribution in [2.24, 2.45) is 0 Å². The Morgan fingerprint density at radius 2 is 2.21 bits per heavy atom. The van der Waals surface area contributed by atoms with Gasteiger partial charge in [-0.05, 0) is 25.1 Å². The van der Waals surface area contributed by atoms with Crippen molar-refractivity contribution < 1.29 is 4.39 Å². The molecule has 4 heteroatoms. The number of nitrogens with zero attached hydrogens (tertiary/aromatic N) is 1. The van der Waals surface area contributed by atoms with E-state index >= 15 is 0 Å². The fourth-order valence-electron chi connectivity index (χ4n) is 1.12. The van der Waals surface area contributed by atoms with Crippen LogP contribution in [0.2, 0.25) is 5.02 Å². The quantitative estimate of drug-likeness (QED) is 0.720. The molecule has 0 aliphatic rings. The van der Waals surface area contributed by atoms with E-state index in [2.05, 4.69) is 4.98 Å². The monoisotopic (exact) mass is 227 g/mol. The van der Waals surface area contributed by atoms with Crippen LogP contribution in [0.1, 0.15) is 4.88 Å². The first-order chi connectivity index (χ1) is 6.66. The largest absolute Gasteiger partial charge is 0.244 e. The molecule has 0 radical (unpaired) electrons. The fraction of sp³-hybridized carbons (Fsp3) is 0.100. The summed E-state index contributed by atoms with van der Waals surface area (Å²) in [4.78, 5) is 5.32. The zero-order valence-corrected chi connectivity index (χ0v) is 8.99. The van der Waals surface area contributed by atoms with Gasteiger partial charge >= 0.3 is 0 Å². The van der Waals surface area contributed by atoms with Crippen LogP contribution in [0, 0.1) is 12.7 Å². The standard InChI is InChI=1S/C10H7ClFNS/c1-6-5-13-10(14-6)7-2-3-9(12)8(11)4-7/h2-5H,1H3. The maximum atomic E-state index is 12.9. The van der Waals surface area contributed by atoms with Gasteiger partial charge in [0.25, 0.3) is 0 Å². The minimum Gasteiger partial charge on any atom is -0.244 e. The van der Waals surface area contributed by atoms with E-state index in [1.54, 1.807) is 29.7 Å². The van der Waals surface area contributed by atoms with Gasteiger partial charge in [0.05, 0.1) is 5.02 Å². The number of rotatable bonds is 1. The van der Waals surface area contributed by atoms with Gasteiger partial charge in [0, 0.05) is 16.6 Å². The molecule has 0 aliphatic heterocycles. The molecule has 0 saturated heterocycles. The molecule has 14 heavy (non-hydrogen) atoms. The van der Waals surface area contributed by atoms with Crippen LogP contribution in [-0.4, -0.2) is 4.98 Å². The average molecular weight is 228 g/mol. The molecular formula is C10H7ClFNS. The Hall–Kier alpha value is -0.930. The number of hydrogen-bond acceptors (Lipinski definition) is 2. The smallest absolute Gasteiger partial charge is 0.141 e. The lowest BCUT2D eigenvalue weighted by Gasteiger charge is -1.97. The second-order valence-electron chi connectivity index (χ2n) is 2.90. The molecule has 0 atom stereocenters. The van der Waals surface area contributed by atoms with E-state index < -0.39 is 5.82 Å². The highest BCUT2D eigenvalue weighted by molar-refractivity contribution is 7.14. The molecular weight excluding hydrogens is 221 g/mol.